The molecule has 8 heteroatoms. The molecular weight excluding hydrogens is 336 g/mol. The van der Waals surface area contributed by atoms with Crippen LogP contribution in [-0.4, -0.2) is 47.0 Å². The molecule has 0 atom stereocenters. The van der Waals surface area contributed by atoms with E-state index in [-0.39, 0.29) is 17.7 Å². The van der Waals surface area contributed by atoms with E-state index in [1.54, 1.807) is 19.1 Å². The van der Waals surface area contributed by atoms with E-state index >= 15 is 0 Å². The molecule has 1 aliphatic heterocycles. The van der Waals surface area contributed by atoms with Crippen LogP contribution >= 0.6 is 0 Å². The molecule has 2 amide bonds. The average molecular weight is 358 g/mol. The Bertz CT molecular complexity index is 828. The van der Waals surface area contributed by atoms with E-state index in [1.807, 2.05) is 24.3 Å². The molecule has 1 aromatic carbocycles. The third-order valence-corrected chi connectivity index (χ3v) is 4.29. The number of aryl methyl sites for hydroxylation is 1. The van der Waals surface area contributed by atoms with Crippen LogP contribution in [0.25, 0.3) is 0 Å². The van der Waals surface area contributed by atoms with Crippen LogP contribution < -0.4 is 20.3 Å². The number of likely N-dealkylation sites (tertiary alicyclic amines) is 1. The molecule has 0 radical (unpaired) electrons. The number of benzene rings is 1. The van der Waals surface area contributed by atoms with Crippen LogP contribution in [0.15, 0.2) is 41.2 Å². The highest BCUT2D eigenvalue weighted by atomic mass is 16.5. The third-order valence-electron chi connectivity index (χ3n) is 4.29. The van der Waals surface area contributed by atoms with Gasteiger partial charge in [0.25, 0.3) is 5.56 Å². The van der Waals surface area contributed by atoms with Crippen molar-refractivity contribution in [3.05, 3.63) is 46.8 Å². The second-order valence-corrected chi connectivity index (χ2v) is 6.07. The van der Waals surface area contributed by atoms with E-state index in [0.717, 1.165) is 12.8 Å². The molecule has 1 fully saturated rings. The maximum atomic E-state index is 12.4. The highest BCUT2D eigenvalue weighted by Crippen LogP contribution is 2.29. The Hall–Kier alpha value is -3.03. The van der Waals surface area contributed by atoms with Crippen LogP contribution in [0.3, 0.4) is 0 Å². The fraction of sp³-hybridized carbons (Fsp3) is 0.389. The Labute approximate surface area is 151 Å². The number of aromatic nitrogens is 2. The number of para-hydroxylation sites is 2. The third kappa shape index (κ3) is 4.14. The maximum absolute atomic E-state index is 12.4. The zero-order chi connectivity index (χ0) is 18.5. The summed E-state index contributed by atoms with van der Waals surface area (Å²) in [4.78, 5) is 25.4. The summed E-state index contributed by atoms with van der Waals surface area (Å²) < 4.78 is 12.5. The SMILES string of the molecule is COc1ccccc1OC1CCN(C(=O)Nc2ccc(=O)n(C)n2)CC1. The van der Waals surface area contributed by atoms with E-state index in [0.29, 0.717) is 30.4 Å². The van der Waals surface area contributed by atoms with E-state index in [4.69, 9.17) is 9.47 Å². The molecule has 0 unspecified atom stereocenters. The van der Waals surface area contributed by atoms with E-state index < -0.39 is 0 Å². The monoisotopic (exact) mass is 358 g/mol. The molecule has 26 heavy (non-hydrogen) atoms. The van der Waals surface area contributed by atoms with Gasteiger partial charge >= 0.3 is 6.03 Å². The fourth-order valence-corrected chi connectivity index (χ4v) is 2.83. The average Bonchev–Trinajstić information content (AvgIpc) is 2.66. The number of carbonyl (C=O) groups excluding carboxylic acids is 1. The predicted octanol–water partition coefficient (Wildman–Crippen LogP) is 1.86. The molecule has 1 saturated heterocycles. The Balaban J connectivity index is 1.53. The summed E-state index contributed by atoms with van der Waals surface area (Å²) in [6.07, 6.45) is 1.49. The lowest BCUT2D eigenvalue weighted by Crippen LogP contribution is -2.44. The van der Waals surface area contributed by atoms with Gasteiger partial charge in [-0.05, 0) is 18.2 Å². The van der Waals surface area contributed by atoms with Crippen molar-refractivity contribution in [2.45, 2.75) is 18.9 Å². The molecule has 3 rings (SSSR count). The number of amides is 2. The molecule has 1 aliphatic rings. The minimum Gasteiger partial charge on any atom is -0.493 e. The van der Waals surface area contributed by atoms with Gasteiger partial charge in [-0.25, -0.2) is 9.48 Å². The number of methoxy groups -OCH3 is 1. The summed E-state index contributed by atoms with van der Waals surface area (Å²) in [5, 5.41) is 6.72. The fourth-order valence-electron chi connectivity index (χ4n) is 2.83. The summed E-state index contributed by atoms with van der Waals surface area (Å²) >= 11 is 0. The van der Waals surface area contributed by atoms with Gasteiger partial charge in [0, 0.05) is 39.0 Å². The van der Waals surface area contributed by atoms with Crippen LogP contribution in [0.4, 0.5) is 10.6 Å². The van der Waals surface area contributed by atoms with Crippen molar-refractivity contribution >= 4 is 11.8 Å². The van der Waals surface area contributed by atoms with Gasteiger partial charge in [0.1, 0.15) is 6.10 Å². The summed E-state index contributed by atoms with van der Waals surface area (Å²) in [5.41, 5.74) is -0.225. The van der Waals surface area contributed by atoms with Crippen LogP contribution in [0, 0.1) is 0 Å². The summed E-state index contributed by atoms with van der Waals surface area (Å²) in [5.74, 6) is 1.77. The van der Waals surface area contributed by atoms with E-state index in [1.165, 1.54) is 16.8 Å². The number of carbonyl (C=O) groups is 1. The molecular formula is C18H22N4O4. The Morgan fingerprint density at radius 3 is 2.50 bits per heavy atom. The number of rotatable bonds is 4. The molecule has 1 N–H and O–H groups in total. The first kappa shape index (κ1) is 17.8. The van der Waals surface area contributed by atoms with Crippen LogP contribution in [0.2, 0.25) is 0 Å². The van der Waals surface area contributed by atoms with Crippen molar-refractivity contribution in [1.29, 1.82) is 0 Å². The van der Waals surface area contributed by atoms with Crippen molar-refractivity contribution < 1.29 is 14.3 Å². The zero-order valence-corrected chi connectivity index (χ0v) is 14.8. The van der Waals surface area contributed by atoms with Crippen molar-refractivity contribution in [3.63, 3.8) is 0 Å². The lowest BCUT2D eigenvalue weighted by Gasteiger charge is -2.32. The molecule has 2 heterocycles. The second kappa shape index (κ2) is 7.90. The van der Waals surface area contributed by atoms with Crippen molar-refractivity contribution in [1.82, 2.24) is 14.7 Å². The van der Waals surface area contributed by atoms with E-state index in [2.05, 4.69) is 10.4 Å². The number of anilines is 1. The number of nitrogens with zero attached hydrogens (tertiary/aromatic N) is 3. The topological polar surface area (TPSA) is 85.7 Å². The number of urea groups is 1. The van der Waals surface area contributed by atoms with E-state index in [9.17, 15) is 9.59 Å². The highest BCUT2D eigenvalue weighted by molar-refractivity contribution is 5.88. The quantitative estimate of drug-likeness (QED) is 0.902. The van der Waals surface area contributed by atoms with Gasteiger partial charge in [0.2, 0.25) is 0 Å². The minimum absolute atomic E-state index is 0.0334. The summed E-state index contributed by atoms with van der Waals surface area (Å²) in [6.45, 7) is 1.16. The Kier molecular flexibility index (Phi) is 5.40. The number of nitrogens with one attached hydrogen (secondary N) is 1. The lowest BCUT2D eigenvalue weighted by molar-refractivity contribution is 0.112. The van der Waals surface area contributed by atoms with Crippen LogP contribution in [-0.2, 0) is 7.05 Å². The molecule has 138 valence electrons. The van der Waals surface area contributed by atoms with Crippen molar-refractivity contribution in [3.8, 4) is 11.5 Å². The first-order valence-electron chi connectivity index (χ1n) is 8.47. The Morgan fingerprint density at radius 2 is 1.85 bits per heavy atom. The number of hydrogen-bond donors (Lipinski definition) is 1. The maximum Gasteiger partial charge on any atom is 0.323 e. The lowest BCUT2D eigenvalue weighted by atomic mass is 10.1. The van der Waals surface area contributed by atoms with Crippen LogP contribution in [0.5, 0.6) is 11.5 Å². The van der Waals surface area contributed by atoms with Gasteiger partial charge in [-0.15, -0.1) is 0 Å². The summed E-state index contributed by atoms with van der Waals surface area (Å²) in [6, 6.07) is 10.2. The smallest absolute Gasteiger partial charge is 0.323 e. The van der Waals surface area contributed by atoms with Crippen LogP contribution in [0.1, 0.15) is 12.8 Å². The predicted molar refractivity (Wildman–Crippen MR) is 96.7 cm³/mol. The zero-order valence-electron chi connectivity index (χ0n) is 14.8. The van der Waals surface area contributed by atoms with Crippen molar-refractivity contribution in [2.24, 2.45) is 7.05 Å². The van der Waals surface area contributed by atoms with Gasteiger partial charge in [0.15, 0.2) is 17.3 Å². The molecule has 0 saturated carbocycles. The molecule has 0 aliphatic carbocycles. The number of ether oxygens (including phenoxy) is 2. The number of piperidine rings is 1. The summed E-state index contributed by atoms with van der Waals surface area (Å²) in [7, 11) is 3.15. The Morgan fingerprint density at radius 1 is 1.15 bits per heavy atom. The molecule has 8 nitrogen and oxygen atoms in total. The molecule has 0 bridgehead atoms. The minimum atomic E-state index is -0.230. The van der Waals surface area contributed by atoms with Gasteiger partial charge in [-0.1, -0.05) is 12.1 Å². The molecule has 2 aromatic rings. The first-order valence-corrected chi connectivity index (χ1v) is 8.47. The number of hydrogen-bond acceptors (Lipinski definition) is 5. The largest absolute Gasteiger partial charge is 0.493 e. The van der Waals surface area contributed by atoms with Gasteiger partial charge in [0.05, 0.1) is 7.11 Å². The standard InChI is InChI=1S/C18H22N4O4/c1-21-17(23)8-7-16(20-21)19-18(24)22-11-9-13(10-12-22)26-15-6-4-3-5-14(15)25-2/h3-8,13H,9-12H2,1-2H3,(H,19,20,24). The van der Waals surface area contributed by atoms with Gasteiger partial charge in [-0.3, -0.25) is 10.1 Å². The molecule has 0 spiro atoms. The van der Waals surface area contributed by atoms with Gasteiger partial charge in [-0.2, -0.15) is 5.10 Å². The normalized spacial score (nSPS) is 14.8. The second-order valence-electron chi connectivity index (χ2n) is 6.07. The molecule has 1 aromatic heterocycles. The van der Waals surface area contributed by atoms with Gasteiger partial charge < -0.3 is 14.4 Å². The highest BCUT2D eigenvalue weighted by Gasteiger charge is 2.25. The van der Waals surface area contributed by atoms with Crippen molar-refractivity contribution in [2.75, 3.05) is 25.5 Å². The first-order chi connectivity index (χ1) is 12.6.